The fourth-order valence-corrected chi connectivity index (χ4v) is 2.12. The van der Waals surface area contributed by atoms with Gasteiger partial charge in [0.1, 0.15) is 11.9 Å². The average molecular weight is 221 g/mol. The normalized spacial score (nSPS) is 25.4. The number of nitrogens with zero attached hydrogens (tertiary/aromatic N) is 2. The molecule has 1 aliphatic rings. The molecule has 0 unspecified atom stereocenters. The topological polar surface area (TPSA) is 61.0 Å². The van der Waals surface area contributed by atoms with E-state index < -0.39 is 0 Å². The van der Waals surface area contributed by atoms with Gasteiger partial charge >= 0.3 is 0 Å². The van der Waals surface area contributed by atoms with Gasteiger partial charge in [0, 0.05) is 17.8 Å². The number of hydrogen-bond acceptors (Lipinski definition) is 4. The number of aryl methyl sites for hydroxylation is 2. The van der Waals surface area contributed by atoms with E-state index in [1.54, 1.807) is 0 Å². The van der Waals surface area contributed by atoms with Crippen molar-refractivity contribution in [1.29, 1.82) is 0 Å². The first-order valence-electron chi connectivity index (χ1n) is 5.88. The van der Waals surface area contributed by atoms with E-state index in [-0.39, 0.29) is 6.10 Å². The predicted molar refractivity (Wildman–Crippen MR) is 62.4 cm³/mol. The van der Waals surface area contributed by atoms with Crippen LogP contribution in [0.2, 0.25) is 0 Å². The van der Waals surface area contributed by atoms with Crippen molar-refractivity contribution in [2.45, 2.75) is 51.7 Å². The van der Waals surface area contributed by atoms with Crippen molar-refractivity contribution in [3.8, 4) is 5.88 Å². The Morgan fingerprint density at radius 1 is 1.19 bits per heavy atom. The number of aromatic nitrogens is 2. The molecule has 0 radical (unpaired) electrons. The molecular formula is C12H19N3O. The molecule has 88 valence electrons. The largest absolute Gasteiger partial charge is 0.474 e. The summed E-state index contributed by atoms with van der Waals surface area (Å²) in [4.78, 5) is 8.51. The lowest BCUT2D eigenvalue weighted by molar-refractivity contribution is 0.140. The molecular weight excluding hydrogens is 202 g/mol. The molecule has 1 fully saturated rings. The molecule has 4 nitrogen and oxygen atoms in total. The van der Waals surface area contributed by atoms with E-state index in [9.17, 15) is 0 Å². The standard InChI is InChI=1S/C12H19N3O/c1-8-7-12(15-9(2)14-8)16-11-5-3-10(13)4-6-11/h7,10-11H,3-6,13H2,1-2H3. The van der Waals surface area contributed by atoms with Crippen LogP contribution in [0, 0.1) is 13.8 Å². The molecule has 2 rings (SSSR count). The van der Waals surface area contributed by atoms with Crippen LogP contribution in [-0.4, -0.2) is 22.1 Å². The Balaban J connectivity index is 1.98. The lowest BCUT2D eigenvalue weighted by Crippen LogP contribution is -2.31. The van der Waals surface area contributed by atoms with Gasteiger partial charge in [0.2, 0.25) is 5.88 Å². The summed E-state index contributed by atoms with van der Waals surface area (Å²) in [5.41, 5.74) is 6.81. The summed E-state index contributed by atoms with van der Waals surface area (Å²) < 4.78 is 5.86. The second kappa shape index (κ2) is 4.78. The zero-order valence-corrected chi connectivity index (χ0v) is 9.94. The van der Waals surface area contributed by atoms with Crippen LogP contribution in [0.15, 0.2) is 6.07 Å². The van der Waals surface area contributed by atoms with Crippen LogP contribution < -0.4 is 10.5 Å². The van der Waals surface area contributed by atoms with Crippen LogP contribution >= 0.6 is 0 Å². The van der Waals surface area contributed by atoms with Gasteiger partial charge in [0.25, 0.3) is 0 Å². The van der Waals surface area contributed by atoms with E-state index in [1.807, 2.05) is 19.9 Å². The second-order valence-corrected chi connectivity index (χ2v) is 4.55. The van der Waals surface area contributed by atoms with E-state index in [0.717, 1.165) is 37.2 Å². The first kappa shape index (κ1) is 11.3. The Bertz CT molecular complexity index is 339. The molecule has 0 atom stereocenters. The molecule has 0 spiro atoms. The quantitative estimate of drug-likeness (QED) is 0.826. The Labute approximate surface area is 96.2 Å². The zero-order valence-electron chi connectivity index (χ0n) is 9.94. The van der Waals surface area contributed by atoms with E-state index in [0.29, 0.717) is 11.9 Å². The summed E-state index contributed by atoms with van der Waals surface area (Å²) in [7, 11) is 0. The zero-order chi connectivity index (χ0) is 11.5. The molecule has 1 aliphatic carbocycles. The summed E-state index contributed by atoms with van der Waals surface area (Å²) in [5.74, 6) is 1.47. The molecule has 16 heavy (non-hydrogen) atoms. The predicted octanol–water partition coefficient (Wildman–Crippen LogP) is 1.74. The van der Waals surface area contributed by atoms with Crippen LogP contribution in [0.1, 0.15) is 37.2 Å². The molecule has 1 heterocycles. The molecule has 0 aliphatic heterocycles. The fraction of sp³-hybridized carbons (Fsp3) is 0.667. The van der Waals surface area contributed by atoms with Gasteiger partial charge in [-0.05, 0) is 39.5 Å². The van der Waals surface area contributed by atoms with Gasteiger partial charge in [-0.25, -0.2) is 4.98 Å². The van der Waals surface area contributed by atoms with Crippen molar-refractivity contribution in [2.75, 3.05) is 0 Å². The highest BCUT2D eigenvalue weighted by molar-refractivity contribution is 5.15. The molecule has 0 amide bonds. The van der Waals surface area contributed by atoms with Gasteiger partial charge < -0.3 is 10.5 Å². The lowest BCUT2D eigenvalue weighted by Gasteiger charge is -2.26. The van der Waals surface area contributed by atoms with Crippen LogP contribution in [-0.2, 0) is 0 Å². The van der Waals surface area contributed by atoms with Crippen molar-refractivity contribution in [2.24, 2.45) is 5.73 Å². The van der Waals surface area contributed by atoms with Gasteiger partial charge in [-0.2, -0.15) is 4.98 Å². The summed E-state index contributed by atoms with van der Waals surface area (Å²) >= 11 is 0. The Morgan fingerprint density at radius 3 is 2.50 bits per heavy atom. The molecule has 0 bridgehead atoms. The Kier molecular flexibility index (Phi) is 3.39. The van der Waals surface area contributed by atoms with Gasteiger partial charge in [-0.1, -0.05) is 0 Å². The van der Waals surface area contributed by atoms with Crippen LogP contribution in [0.5, 0.6) is 5.88 Å². The third-order valence-corrected chi connectivity index (χ3v) is 2.95. The maximum atomic E-state index is 5.86. The van der Waals surface area contributed by atoms with Crippen LogP contribution in [0.3, 0.4) is 0 Å². The van der Waals surface area contributed by atoms with Gasteiger partial charge in [0.15, 0.2) is 0 Å². The maximum absolute atomic E-state index is 5.86. The molecule has 1 aromatic heterocycles. The third kappa shape index (κ3) is 2.92. The SMILES string of the molecule is Cc1cc(OC2CCC(N)CC2)nc(C)n1. The summed E-state index contributed by atoms with van der Waals surface area (Å²) in [6.45, 7) is 3.84. The average Bonchev–Trinajstić information content (AvgIpc) is 2.20. The first-order chi connectivity index (χ1) is 7.63. The molecule has 2 N–H and O–H groups in total. The van der Waals surface area contributed by atoms with Crippen molar-refractivity contribution >= 4 is 0 Å². The fourth-order valence-electron chi connectivity index (χ4n) is 2.12. The van der Waals surface area contributed by atoms with Crippen LogP contribution in [0.4, 0.5) is 0 Å². The van der Waals surface area contributed by atoms with Crippen LogP contribution in [0.25, 0.3) is 0 Å². The molecule has 4 heteroatoms. The van der Waals surface area contributed by atoms with Crippen molar-refractivity contribution in [3.05, 3.63) is 17.6 Å². The van der Waals surface area contributed by atoms with Crippen molar-refractivity contribution < 1.29 is 4.74 Å². The summed E-state index contributed by atoms with van der Waals surface area (Å²) in [6, 6.07) is 2.25. The number of rotatable bonds is 2. The Morgan fingerprint density at radius 2 is 1.88 bits per heavy atom. The number of ether oxygens (including phenoxy) is 1. The summed E-state index contributed by atoms with van der Waals surface area (Å²) in [6.07, 6.45) is 4.43. The number of hydrogen-bond donors (Lipinski definition) is 1. The van der Waals surface area contributed by atoms with E-state index in [2.05, 4.69) is 9.97 Å². The molecule has 1 aromatic rings. The van der Waals surface area contributed by atoms with Crippen molar-refractivity contribution in [3.63, 3.8) is 0 Å². The molecule has 0 aromatic carbocycles. The maximum Gasteiger partial charge on any atom is 0.217 e. The van der Waals surface area contributed by atoms with E-state index >= 15 is 0 Å². The van der Waals surface area contributed by atoms with Gasteiger partial charge in [0.05, 0.1) is 0 Å². The van der Waals surface area contributed by atoms with Crippen molar-refractivity contribution in [1.82, 2.24) is 9.97 Å². The minimum Gasteiger partial charge on any atom is -0.474 e. The highest BCUT2D eigenvalue weighted by Crippen LogP contribution is 2.22. The minimum absolute atomic E-state index is 0.272. The summed E-state index contributed by atoms with van der Waals surface area (Å²) in [5, 5.41) is 0. The Hall–Kier alpha value is -1.16. The smallest absolute Gasteiger partial charge is 0.217 e. The monoisotopic (exact) mass is 221 g/mol. The van der Waals surface area contributed by atoms with E-state index in [4.69, 9.17) is 10.5 Å². The minimum atomic E-state index is 0.272. The molecule has 1 saturated carbocycles. The third-order valence-electron chi connectivity index (χ3n) is 2.95. The first-order valence-corrected chi connectivity index (χ1v) is 5.88. The van der Waals surface area contributed by atoms with Gasteiger partial charge in [-0.3, -0.25) is 0 Å². The van der Waals surface area contributed by atoms with E-state index in [1.165, 1.54) is 0 Å². The van der Waals surface area contributed by atoms with Gasteiger partial charge in [-0.15, -0.1) is 0 Å². The highest BCUT2D eigenvalue weighted by atomic mass is 16.5. The highest BCUT2D eigenvalue weighted by Gasteiger charge is 2.20. The second-order valence-electron chi connectivity index (χ2n) is 4.55. The molecule has 0 saturated heterocycles. The number of nitrogens with two attached hydrogens (primary N) is 1. The lowest BCUT2D eigenvalue weighted by atomic mass is 9.94.